The molecule has 0 amide bonds. The zero-order chi connectivity index (χ0) is 11.0. The molecule has 1 aliphatic carbocycles. The summed E-state index contributed by atoms with van der Waals surface area (Å²) in [6, 6.07) is 0.500. The Labute approximate surface area is 98.3 Å². The lowest BCUT2D eigenvalue weighted by Crippen LogP contribution is -2.32. The number of hydrogen-bond acceptors (Lipinski definition) is 3. The van der Waals surface area contributed by atoms with Crippen molar-refractivity contribution in [1.29, 1.82) is 0 Å². The molecule has 2 N–H and O–H groups in total. The minimum absolute atomic E-state index is 0.500. The number of hydrogen-bond donors (Lipinski definition) is 1. The van der Waals surface area contributed by atoms with Crippen molar-refractivity contribution in [1.82, 2.24) is 4.90 Å². The number of ether oxygens (including phenoxy) is 1. The molecule has 0 radical (unpaired) electrons. The van der Waals surface area contributed by atoms with Crippen LogP contribution in [0, 0.1) is 17.8 Å². The Bertz CT molecular complexity index is 226. The van der Waals surface area contributed by atoms with E-state index in [1.807, 2.05) is 0 Å². The third-order valence-corrected chi connectivity index (χ3v) is 4.72. The molecular formula is C13H24N2O. The predicted octanol–water partition coefficient (Wildman–Crippen LogP) is 1.08. The van der Waals surface area contributed by atoms with E-state index in [0.717, 1.165) is 31.0 Å². The summed E-state index contributed by atoms with van der Waals surface area (Å²) in [7, 11) is 0. The van der Waals surface area contributed by atoms with Crippen molar-refractivity contribution in [2.45, 2.75) is 31.7 Å². The molecular weight excluding hydrogens is 200 g/mol. The first kappa shape index (κ1) is 11.0. The second-order valence-electron chi connectivity index (χ2n) is 6.03. The Balaban J connectivity index is 1.47. The first-order valence-electron chi connectivity index (χ1n) is 6.87. The van der Waals surface area contributed by atoms with Gasteiger partial charge in [0.2, 0.25) is 0 Å². The second-order valence-corrected chi connectivity index (χ2v) is 6.03. The molecule has 1 unspecified atom stereocenters. The fraction of sp³-hybridized carbons (Fsp3) is 1.00. The van der Waals surface area contributed by atoms with Crippen LogP contribution in [0.1, 0.15) is 25.7 Å². The van der Waals surface area contributed by atoms with Gasteiger partial charge in [-0.3, -0.25) is 0 Å². The van der Waals surface area contributed by atoms with Crippen molar-refractivity contribution in [2.24, 2.45) is 23.5 Å². The highest BCUT2D eigenvalue weighted by Gasteiger charge is 2.39. The molecule has 3 atom stereocenters. The molecule has 16 heavy (non-hydrogen) atoms. The Hall–Kier alpha value is -0.120. The van der Waals surface area contributed by atoms with Gasteiger partial charge in [0, 0.05) is 38.9 Å². The summed E-state index contributed by atoms with van der Waals surface area (Å²) in [6.07, 6.45) is 5.08. The van der Waals surface area contributed by atoms with Crippen LogP contribution in [0.25, 0.3) is 0 Å². The highest BCUT2D eigenvalue weighted by molar-refractivity contribution is 4.94. The average Bonchev–Trinajstić information content (AvgIpc) is 2.76. The number of likely N-dealkylation sites (tertiary alicyclic amines) is 1. The Morgan fingerprint density at radius 1 is 1.06 bits per heavy atom. The van der Waals surface area contributed by atoms with Gasteiger partial charge in [-0.15, -0.1) is 0 Å². The average molecular weight is 224 g/mol. The first-order valence-corrected chi connectivity index (χ1v) is 6.87. The number of nitrogens with zero attached hydrogens (tertiary/aromatic N) is 1. The van der Waals surface area contributed by atoms with Crippen LogP contribution >= 0.6 is 0 Å². The molecule has 0 bridgehead atoms. The standard InChI is InChI=1S/C13H24N2O/c14-13-5-11-8-15(9-12(11)6-13)7-10-1-3-16-4-2-10/h10-13H,1-9,14H2/t11-,12+,13?. The van der Waals surface area contributed by atoms with Crippen molar-refractivity contribution in [3.8, 4) is 0 Å². The van der Waals surface area contributed by atoms with Crippen LogP contribution in [0.3, 0.4) is 0 Å². The van der Waals surface area contributed by atoms with Crippen molar-refractivity contribution in [3.63, 3.8) is 0 Å². The van der Waals surface area contributed by atoms with Crippen LogP contribution in [0.15, 0.2) is 0 Å². The molecule has 2 saturated heterocycles. The van der Waals surface area contributed by atoms with Gasteiger partial charge in [0.15, 0.2) is 0 Å². The number of rotatable bonds is 2. The van der Waals surface area contributed by atoms with Crippen LogP contribution in [-0.4, -0.2) is 43.8 Å². The third kappa shape index (κ3) is 2.27. The van der Waals surface area contributed by atoms with Crippen LogP contribution in [0.5, 0.6) is 0 Å². The molecule has 3 aliphatic rings. The summed E-state index contributed by atoms with van der Waals surface area (Å²) in [6.45, 7) is 5.91. The van der Waals surface area contributed by atoms with E-state index in [1.165, 1.54) is 45.3 Å². The number of fused-ring (bicyclic) bond motifs is 1. The zero-order valence-corrected chi connectivity index (χ0v) is 10.1. The van der Waals surface area contributed by atoms with Crippen molar-refractivity contribution in [2.75, 3.05) is 32.8 Å². The van der Waals surface area contributed by atoms with Crippen LogP contribution < -0.4 is 5.73 Å². The van der Waals surface area contributed by atoms with Crippen LogP contribution in [0.2, 0.25) is 0 Å². The maximum atomic E-state index is 6.02. The largest absolute Gasteiger partial charge is 0.381 e. The molecule has 0 aromatic rings. The highest BCUT2D eigenvalue weighted by atomic mass is 16.5. The minimum atomic E-state index is 0.500. The maximum absolute atomic E-state index is 6.02. The van der Waals surface area contributed by atoms with Crippen LogP contribution in [0.4, 0.5) is 0 Å². The molecule has 3 nitrogen and oxygen atoms in total. The summed E-state index contributed by atoms with van der Waals surface area (Å²) in [5.41, 5.74) is 6.02. The molecule has 1 saturated carbocycles. The monoisotopic (exact) mass is 224 g/mol. The van der Waals surface area contributed by atoms with Gasteiger partial charge in [0.1, 0.15) is 0 Å². The van der Waals surface area contributed by atoms with E-state index in [1.54, 1.807) is 0 Å². The molecule has 0 aromatic carbocycles. The van der Waals surface area contributed by atoms with Crippen LogP contribution in [-0.2, 0) is 4.74 Å². The van der Waals surface area contributed by atoms with E-state index in [0.29, 0.717) is 6.04 Å². The van der Waals surface area contributed by atoms with Crippen molar-refractivity contribution < 1.29 is 4.74 Å². The van der Waals surface area contributed by atoms with Gasteiger partial charge >= 0.3 is 0 Å². The van der Waals surface area contributed by atoms with Gasteiger partial charge < -0.3 is 15.4 Å². The molecule has 92 valence electrons. The number of nitrogens with two attached hydrogens (primary N) is 1. The topological polar surface area (TPSA) is 38.5 Å². The van der Waals surface area contributed by atoms with Gasteiger partial charge in [-0.05, 0) is 43.4 Å². The molecule has 3 heteroatoms. The molecule has 3 rings (SSSR count). The lowest BCUT2D eigenvalue weighted by Gasteiger charge is -2.27. The van der Waals surface area contributed by atoms with E-state index < -0.39 is 0 Å². The summed E-state index contributed by atoms with van der Waals surface area (Å²) in [5, 5.41) is 0. The summed E-state index contributed by atoms with van der Waals surface area (Å²) >= 11 is 0. The first-order chi connectivity index (χ1) is 7.81. The van der Waals surface area contributed by atoms with Gasteiger partial charge in [-0.25, -0.2) is 0 Å². The molecule has 0 aromatic heterocycles. The lowest BCUT2D eigenvalue weighted by molar-refractivity contribution is 0.0545. The molecule has 0 spiro atoms. The van der Waals surface area contributed by atoms with Gasteiger partial charge in [-0.2, -0.15) is 0 Å². The van der Waals surface area contributed by atoms with Crippen molar-refractivity contribution in [3.05, 3.63) is 0 Å². The SMILES string of the molecule is NC1C[C@@H]2CN(CC3CCOCC3)C[C@@H]2C1. The fourth-order valence-electron chi connectivity index (χ4n) is 3.89. The maximum Gasteiger partial charge on any atom is 0.0469 e. The fourth-order valence-corrected chi connectivity index (χ4v) is 3.89. The van der Waals surface area contributed by atoms with Gasteiger partial charge in [0.25, 0.3) is 0 Å². The molecule has 2 aliphatic heterocycles. The normalized spacial score (nSPS) is 41.4. The smallest absolute Gasteiger partial charge is 0.0469 e. The summed E-state index contributed by atoms with van der Waals surface area (Å²) < 4.78 is 5.42. The summed E-state index contributed by atoms with van der Waals surface area (Å²) in [4.78, 5) is 2.69. The van der Waals surface area contributed by atoms with Gasteiger partial charge in [0.05, 0.1) is 0 Å². The highest BCUT2D eigenvalue weighted by Crippen LogP contribution is 2.37. The minimum Gasteiger partial charge on any atom is -0.381 e. The van der Waals surface area contributed by atoms with E-state index in [2.05, 4.69) is 4.90 Å². The Morgan fingerprint density at radius 2 is 1.69 bits per heavy atom. The van der Waals surface area contributed by atoms with Gasteiger partial charge in [-0.1, -0.05) is 0 Å². The second kappa shape index (κ2) is 4.63. The third-order valence-electron chi connectivity index (χ3n) is 4.72. The quantitative estimate of drug-likeness (QED) is 0.763. The van der Waals surface area contributed by atoms with E-state index in [9.17, 15) is 0 Å². The van der Waals surface area contributed by atoms with E-state index >= 15 is 0 Å². The molecule has 2 heterocycles. The van der Waals surface area contributed by atoms with E-state index in [4.69, 9.17) is 10.5 Å². The Morgan fingerprint density at radius 3 is 2.31 bits per heavy atom. The lowest BCUT2D eigenvalue weighted by atomic mass is 10.00. The van der Waals surface area contributed by atoms with Crippen molar-refractivity contribution >= 4 is 0 Å². The Kier molecular flexibility index (Phi) is 3.18. The molecule has 3 fully saturated rings. The zero-order valence-electron chi connectivity index (χ0n) is 10.1. The predicted molar refractivity (Wildman–Crippen MR) is 64.2 cm³/mol. The van der Waals surface area contributed by atoms with E-state index in [-0.39, 0.29) is 0 Å². The summed E-state index contributed by atoms with van der Waals surface area (Å²) in [5.74, 6) is 2.71.